The maximum absolute atomic E-state index is 15.8. The van der Waals surface area contributed by atoms with Gasteiger partial charge in [0.25, 0.3) is 23.6 Å². The highest BCUT2D eigenvalue weighted by Gasteiger charge is 2.43. The molecule has 0 saturated carbocycles. The van der Waals surface area contributed by atoms with Gasteiger partial charge in [-0.1, -0.05) is 155 Å². The van der Waals surface area contributed by atoms with Gasteiger partial charge in [-0.3, -0.25) is 38.6 Å². The number of nitrogens with zero attached hydrogens (tertiary/aromatic N) is 2. The van der Waals surface area contributed by atoms with Gasteiger partial charge in [-0.2, -0.15) is 0 Å². The van der Waals surface area contributed by atoms with Crippen LogP contribution in [-0.4, -0.2) is 58.3 Å². The van der Waals surface area contributed by atoms with E-state index in [1.54, 1.807) is 72.8 Å². The van der Waals surface area contributed by atoms with Gasteiger partial charge in [0.2, 0.25) is 11.8 Å². The zero-order valence-electron chi connectivity index (χ0n) is 55.3. The Kier molecular flexibility index (Phi) is 16.0. The van der Waals surface area contributed by atoms with Gasteiger partial charge in [0.05, 0.1) is 22.3 Å². The Morgan fingerprint density at radius 1 is 0.323 bits per heavy atom. The number of fused-ring (bicyclic) bond motifs is 2. The van der Waals surface area contributed by atoms with Crippen molar-refractivity contribution in [3.63, 3.8) is 0 Å². The molecule has 2 aliphatic rings. The number of carbonyl (C=O) groups excluding carboxylic acids is 6. The second-order valence-corrected chi connectivity index (χ2v) is 29.6. The lowest BCUT2D eigenvalue weighted by molar-refractivity contribution is -0.117. The first-order chi connectivity index (χ1) is 45.4. The Balaban J connectivity index is 1.17. The smallest absolute Gasteiger partial charge is 0.262 e. The first kappa shape index (κ1) is 64.4. The lowest BCUT2D eigenvalue weighted by Gasteiger charge is -2.32. The number of carbonyl (C=O) groups is 6. The fraction of sp³-hybridized carbons (Fsp3) is 0.225. The van der Waals surface area contributed by atoms with Crippen molar-refractivity contribution >= 4 is 113 Å². The van der Waals surface area contributed by atoms with Gasteiger partial charge in [-0.15, -0.1) is 0 Å². The molecular formula is C80H70Cl2N4O10. The molecule has 13 rings (SSSR count). The molecule has 0 bridgehead atoms. The molecule has 11 aromatic carbocycles. The summed E-state index contributed by atoms with van der Waals surface area (Å²) in [6, 6.07) is 49.6. The Labute approximate surface area is 566 Å². The number of hydrogen-bond acceptors (Lipinski definition) is 10. The minimum absolute atomic E-state index is 0.0127. The van der Waals surface area contributed by atoms with Crippen LogP contribution in [0, 0.1) is 0 Å². The topological polar surface area (TPSA) is 170 Å². The minimum Gasteiger partial charge on any atom is -0.457 e. The van der Waals surface area contributed by atoms with Crippen LogP contribution in [0.2, 0.25) is 10.0 Å². The Hall–Kier alpha value is -10.3. The molecule has 0 atom stereocenters. The summed E-state index contributed by atoms with van der Waals surface area (Å²) in [5.74, 6) is -2.65. The number of halogens is 2. The van der Waals surface area contributed by atoms with Gasteiger partial charge in [0.15, 0.2) is 0 Å². The number of hydrogen-bond donors (Lipinski definition) is 2. The fourth-order valence-corrected chi connectivity index (χ4v) is 12.8. The van der Waals surface area contributed by atoms with Crippen molar-refractivity contribution in [1.29, 1.82) is 0 Å². The molecule has 96 heavy (non-hydrogen) atoms. The number of amides is 6. The van der Waals surface area contributed by atoms with Crippen molar-refractivity contribution in [3.8, 4) is 46.0 Å². The summed E-state index contributed by atoms with van der Waals surface area (Å²) < 4.78 is 28.9. The van der Waals surface area contributed by atoms with Crippen LogP contribution in [-0.2, 0) is 31.2 Å². The van der Waals surface area contributed by atoms with Gasteiger partial charge < -0.3 is 29.6 Å². The van der Waals surface area contributed by atoms with E-state index >= 15 is 19.2 Å². The summed E-state index contributed by atoms with van der Waals surface area (Å²) >= 11 is 12.4. The van der Waals surface area contributed by atoms with Crippen molar-refractivity contribution in [1.82, 2.24) is 9.80 Å². The van der Waals surface area contributed by atoms with Crippen molar-refractivity contribution in [3.05, 3.63) is 224 Å². The molecule has 11 aromatic rings. The number of rotatable bonds is 14. The summed E-state index contributed by atoms with van der Waals surface area (Å²) in [5, 5.41) is 8.70. The van der Waals surface area contributed by atoms with Crippen LogP contribution in [0.25, 0.3) is 43.1 Å². The lowest BCUT2D eigenvalue weighted by Crippen LogP contribution is -2.45. The van der Waals surface area contributed by atoms with E-state index in [1.807, 2.05) is 97.1 Å². The summed E-state index contributed by atoms with van der Waals surface area (Å²) in [5.41, 5.74) is 3.92. The largest absolute Gasteiger partial charge is 0.457 e. The van der Waals surface area contributed by atoms with Crippen LogP contribution in [0.1, 0.15) is 147 Å². The van der Waals surface area contributed by atoms with Gasteiger partial charge in [0.1, 0.15) is 59.1 Å². The van der Waals surface area contributed by atoms with Crippen molar-refractivity contribution < 1.29 is 47.7 Å². The highest BCUT2D eigenvalue weighted by atomic mass is 35.5. The van der Waals surface area contributed by atoms with Crippen LogP contribution in [0.4, 0.5) is 11.4 Å². The number of anilines is 2. The number of ether oxygens (including phenoxy) is 4. The molecule has 2 aliphatic heterocycles. The van der Waals surface area contributed by atoms with Crippen molar-refractivity contribution in [2.75, 3.05) is 23.7 Å². The van der Waals surface area contributed by atoms with E-state index in [9.17, 15) is 9.59 Å². The van der Waals surface area contributed by atoms with E-state index in [0.29, 0.717) is 76.7 Å². The summed E-state index contributed by atoms with van der Waals surface area (Å²) in [4.78, 5) is 93.2. The second kappa shape index (κ2) is 23.9. The normalized spacial score (nSPS) is 13.5. The number of benzene rings is 11. The third-order valence-corrected chi connectivity index (χ3v) is 18.2. The van der Waals surface area contributed by atoms with Crippen molar-refractivity contribution in [2.24, 2.45) is 0 Å². The van der Waals surface area contributed by atoms with Gasteiger partial charge >= 0.3 is 0 Å². The zero-order chi connectivity index (χ0) is 68.2. The predicted molar refractivity (Wildman–Crippen MR) is 379 cm³/mol. The zero-order valence-corrected chi connectivity index (χ0v) is 56.8. The molecule has 16 heteroatoms. The molecule has 0 aliphatic carbocycles. The molecule has 484 valence electrons. The standard InChI is InChI=1S/C80H70Cl2N4O10/c1-77(2,3)43-13-29-51(30-14-43)93-59-37-55-65-56(74(90)85(73(55)89)41-63(87)83-49-25-21-47(81)22-26-49)39-61(95-53-33-17-45(18-34-53)79(7,8)9)69-70-62(96-54-35-19-46(20-36-54)80(10,11)12)40-58-66-57(75(91)86(76(58)92)42-64(88)84-50-27-23-48(82)24-28-50)38-60(68(72(66)70)67(59)71(65)69)94-52-31-15-44(16-32-52)78(4,5)6/h13-40H,41-42H2,1-12H3,(H,83,87)(H,84,88). The van der Waals surface area contributed by atoms with E-state index in [-0.39, 0.29) is 77.7 Å². The van der Waals surface area contributed by atoms with E-state index in [0.717, 1.165) is 32.1 Å². The average molecular weight is 1320 g/mol. The molecular weight excluding hydrogens is 1250 g/mol. The Morgan fingerprint density at radius 2 is 0.542 bits per heavy atom. The first-order valence-electron chi connectivity index (χ1n) is 31.7. The van der Waals surface area contributed by atoms with E-state index in [2.05, 4.69) is 93.7 Å². The third-order valence-electron chi connectivity index (χ3n) is 17.7. The molecule has 2 N–H and O–H groups in total. The highest BCUT2D eigenvalue weighted by Crippen LogP contribution is 2.58. The third kappa shape index (κ3) is 12.1. The van der Waals surface area contributed by atoms with Crippen LogP contribution < -0.4 is 29.6 Å². The predicted octanol–water partition coefficient (Wildman–Crippen LogP) is 19.9. The molecule has 0 saturated heterocycles. The van der Waals surface area contributed by atoms with Crippen molar-refractivity contribution in [2.45, 2.75) is 105 Å². The molecule has 0 aromatic heterocycles. The van der Waals surface area contributed by atoms with Crippen LogP contribution >= 0.6 is 23.2 Å². The average Bonchev–Trinajstić information content (AvgIpc) is 0.673. The molecule has 0 fully saturated rings. The SMILES string of the molecule is CC(C)(C)c1ccc(Oc2cc3c4c(cc(Oc5ccc(C(C)(C)C)cc5)c5c6c(Oc7ccc(C(C)(C)C)cc7)cc7c8c(cc(Oc9ccc(C(C)(C)C)cc9)c(c2c45)c86)C(=O)N(CC(=O)Nc2ccc(Cl)cc2)C7=O)C(=O)N(CC(=O)Nc2ccc(Cl)cc2)C3=O)cc1. The quantitative estimate of drug-likeness (QED) is 0.0607. The Morgan fingerprint density at radius 3 is 0.750 bits per heavy atom. The van der Waals surface area contributed by atoms with E-state index < -0.39 is 48.5 Å². The molecule has 14 nitrogen and oxygen atoms in total. The second-order valence-electron chi connectivity index (χ2n) is 28.7. The molecule has 0 radical (unpaired) electrons. The molecule has 0 spiro atoms. The van der Waals surface area contributed by atoms with E-state index in [4.69, 9.17) is 42.1 Å². The number of nitrogens with one attached hydrogen (secondary N) is 2. The minimum atomic E-state index is -0.797. The highest BCUT2D eigenvalue weighted by molar-refractivity contribution is 6.45. The monoisotopic (exact) mass is 1320 g/mol. The maximum atomic E-state index is 15.8. The fourth-order valence-electron chi connectivity index (χ4n) is 12.6. The molecule has 2 heterocycles. The van der Waals surface area contributed by atoms with Crippen LogP contribution in [0.3, 0.4) is 0 Å². The van der Waals surface area contributed by atoms with Gasteiger partial charge in [-0.25, -0.2) is 0 Å². The number of imide groups is 2. The summed E-state index contributed by atoms with van der Waals surface area (Å²) in [6.45, 7) is 23.8. The van der Waals surface area contributed by atoms with Crippen LogP contribution in [0.5, 0.6) is 46.0 Å². The Bertz CT molecular complexity index is 4460. The summed E-state index contributed by atoms with van der Waals surface area (Å²) in [6.07, 6.45) is 0. The lowest BCUT2D eigenvalue weighted by atomic mass is 9.80. The molecule has 0 unspecified atom stereocenters. The van der Waals surface area contributed by atoms with Gasteiger partial charge in [0, 0.05) is 64.5 Å². The van der Waals surface area contributed by atoms with Gasteiger partial charge in [-0.05, 0) is 165 Å². The summed E-state index contributed by atoms with van der Waals surface area (Å²) in [7, 11) is 0. The van der Waals surface area contributed by atoms with E-state index in [1.165, 1.54) is 0 Å². The van der Waals surface area contributed by atoms with Crippen LogP contribution in [0.15, 0.2) is 170 Å². The molecule has 6 amide bonds. The first-order valence-corrected chi connectivity index (χ1v) is 32.5. The maximum Gasteiger partial charge on any atom is 0.262 e.